The molecule has 0 bridgehead atoms. The van der Waals surface area contributed by atoms with Gasteiger partial charge in [-0.05, 0) is 24.0 Å². The second kappa shape index (κ2) is 5.78. The quantitative estimate of drug-likeness (QED) is 0.637. The van der Waals surface area contributed by atoms with Crippen LogP contribution in [-0.2, 0) is 5.60 Å². The lowest BCUT2D eigenvalue weighted by Gasteiger charge is -2.37. The van der Waals surface area contributed by atoms with Gasteiger partial charge in [-0.15, -0.1) is 0 Å². The van der Waals surface area contributed by atoms with Crippen LogP contribution in [0, 0.1) is 0 Å². The van der Waals surface area contributed by atoms with Gasteiger partial charge in [0.1, 0.15) is 0 Å². The van der Waals surface area contributed by atoms with Crippen LogP contribution in [0.2, 0.25) is 0 Å². The summed E-state index contributed by atoms with van der Waals surface area (Å²) in [6.07, 6.45) is -2.37. The molecule has 1 fully saturated rings. The van der Waals surface area contributed by atoms with Crippen molar-refractivity contribution in [1.82, 2.24) is 0 Å². The topological polar surface area (TPSA) is 20.2 Å². The zero-order chi connectivity index (χ0) is 21.3. The summed E-state index contributed by atoms with van der Waals surface area (Å²) in [5.74, 6) is -26.1. The Morgan fingerprint density at radius 3 is 1.48 bits per heavy atom. The minimum atomic E-state index is -6.64. The van der Waals surface area contributed by atoms with Gasteiger partial charge in [-0.3, -0.25) is 0 Å². The van der Waals surface area contributed by atoms with Gasteiger partial charge in [-0.2, -0.15) is 35.1 Å². The first-order valence-corrected chi connectivity index (χ1v) is 7.90. The van der Waals surface area contributed by atoms with Gasteiger partial charge >= 0.3 is 23.7 Å². The fraction of sp³-hybridized carbons (Fsp3) is 0.647. The molecule has 0 amide bonds. The predicted molar refractivity (Wildman–Crippen MR) is 78.3 cm³/mol. The summed E-state index contributed by atoms with van der Waals surface area (Å²) in [4.78, 5) is 0. The lowest BCUT2D eigenvalue weighted by molar-refractivity contribution is -0.303. The molecule has 1 aliphatic rings. The molecule has 2 rings (SSSR count). The van der Waals surface area contributed by atoms with E-state index < -0.39 is 41.4 Å². The van der Waals surface area contributed by atoms with E-state index in [9.17, 15) is 44.6 Å². The van der Waals surface area contributed by atoms with Crippen LogP contribution < -0.4 is 0 Å². The lowest BCUT2D eigenvalue weighted by Crippen LogP contribution is -2.57. The van der Waals surface area contributed by atoms with E-state index in [4.69, 9.17) is 0 Å². The minimum absolute atomic E-state index is 0.00241. The van der Waals surface area contributed by atoms with Gasteiger partial charge in [0.2, 0.25) is 0 Å². The Bertz CT molecular complexity index is 682. The van der Waals surface area contributed by atoms with E-state index in [-0.39, 0.29) is 11.5 Å². The summed E-state index contributed by atoms with van der Waals surface area (Å²) < 4.78 is 123. The third-order valence-electron chi connectivity index (χ3n) is 4.97. The van der Waals surface area contributed by atoms with Crippen molar-refractivity contribution in [2.75, 3.05) is 0 Å². The summed E-state index contributed by atoms with van der Waals surface area (Å²) in [5, 5.41) is 10.2. The maximum Gasteiger partial charge on any atom is 0.381 e. The molecule has 154 valence electrons. The molecule has 0 aliphatic heterocycles. The van der Waals surface area contributed by atoms with Crippen LogP contribution in [0.15, 0.2) is 24.3 Å². The van der Waals surface area contributed by atoms with Crippen molar-refractivity contribution in [2.24, 2.45) is 0 Å². The molecule has 1 saturated carbocycles. The van der Waals surface area contributed by atoms with Crippen LogP contribution in [-0.4, -0.2) is 34.5 Å². The van der Waals surface area contributed by atoms with Crippen molar-refractivity contribution in [2.45, 2.75) is 68.1 Å². The zero-order valence-corrected chi connectivity index (χ0v) is 14.4. The Hall–Kier alpha value is -1.45. The van der Waals surface area contributed by atoms with Gasteiger partial charge in [0, 0.05) is 6.42 Å². The van der Waals surface area contributed by atoms with Gasteiger partial charge in [0.15, 0.2) is 0 Å². The molecule has 0 aromatic heterocycles. The van der Waals surface area contributed by atoms with E-state index in [2.05, 4.69) is 0 Å². The van der Waals surface area contributed by atoms with E-state index in [1.807, 2.05) is 0 Å². The molecular weight excluding hydrogens is 391 g/mol. The molecular formula is C17H17F9O. The highest BCUT2D eigenvalue weighted by Crippen LogP contribution is 2.70. The van der Waals surface area contributed by atoms with Gasteiger partial charge in [0.05, 0.1) is 5.60 Å². The number of alkyl halides is 9. The summed E-state index contributed by atoms with van der Waals surface area (Å²) in [7, 11) is 0. The number of benzene rings is 1. The smallest absolute Gasteiger partial charge is 0.381 e. The lowest BCUT2D eigenvalue weighted by atomic mass is 9.80. The highest BCUT2D eigenvalue weighted by Gasteiger charge is 3.00. The van der Waals surface area contributed by atoms with Crippen LogP contribution in [0.1, 0.15) is 44.2 Å². The second-order valence-electron chi connectivity index (χ2n) is 7.33. The fourth-order valence-electron chi connectivity index (χ4n) is 3.11. The van der Waals surface area contributed by atoms with Crippen molar-refractivity contribution in [3.8, 4) is 0 Å². The van der Waals surface area contributed by atoms with E-state index >= 15 is 0 Å². The first kappa shape index (κ1) is 21.8. The summed E-state index contributed by atoms with van der Waals surface area (Å²) in [6.45, 7) is 4.18. The van der Waals surface area contributed by atoms with Crippen LogP contribution in [0.4, 0.5) is 39.5 Å². The number of halogens is 9. The molecule has 1 unspecified atom stereocenters. The third-order valence-corrected chi connectivity index (χ3v) is 4.97. The molecule has 0 heterocycles. The molecule has 10 heteroatoms. The first-order valence-electron chi connectivity index (χ1n) is 7.90. The Kier molecular flexibility index (Phi) is 4.67. The van der Waals surface area contributed by atoms with Crippen molar-refractivity contribution in [1.29, 1.82) is 0 Å². The largest absolute Gasteiger partial charge is 0.385 e. The molecule has 1 atom stereocenters. The molecule has 0 radical (unpaired) electrons. The maximum absolute atomic E-state index is 14.6. The van der Waals surface area contributed by atoms with Crippen LogP contribution in [0.3, 0.4) is 0 Å². The van der Waals surface area contributed by atoms with E-state index in [1.54, 1.807) is 13.8 Å². The van der Waals surface area contributed by atoms with E-state index in [1.165, 1.54) is 12.1 Å². The first-order chi connectivity index (χ1) is 11.9. The minimum Gasteiger partial charge on any atom is -0.385 e. The number of hydrogen-bond acceptors (Lipinski definition) is 1. The monoisotopic (exact) mass is 408 g/mol. The molecule has 1 nitrogen and oxygen atoms in total. The average molecular weight is 408 g/mol. The van der Waals surface area contributed by atoms with E-state index in [0.717, 1.165) is 12.1 Å². The van der Waals surface area contributed by atoms with Crippen molar-refractivity contribution >= 4 is 0 Å². The van der Waals surface area contributed by atoms with Gasteiger partial charge in [-0.1, -0.05) is 38.1 Å². The van der Waals surface area contributed by atoms with Crippen LogP contribution >= 0.6 is 0 Å². The maximum atomic E-state index is 14.6. The van der Waals surface area contributed by atoms with Gasteiger partial charge in [0.25, 0.3) is 5.67 Å². The molecule has 1 aromatic carbocycles. The molecule has 0 saturated heterocycles. The highest BCUT2D eigenvalue weighted by molar-refractivity contribution is 5.32. The van der Waals surface area contributed by atoms with Gasteiger partial charge < -0.3 is 5.11 Å². The molecule has 27 heavy (non-hydrogen) atoms. The van der Waals surface area contributed by atoms with Crippen LogP contribution in [0.25, 0.3) is 0 Å². The second-order valence-corrected chi connectivity index (χ2v) is 7.33. The molecule has 1 aliphatic carbocycles. The average Bonchev–Trinajstić information content (AvgIpc) is 2.57. The number of hydrogen-bond donors (Lipinski definition) is 1. The fourth-order valence-corrected chi connectivity index (χ4v) is 3.11. The summed E-state index contributed by atoms with van der Waals surface area (Å²) >= 11 is 0. The van der Waals surface area contributed by atoms with Crippen molar-refractivity contribution in [3.05, 3.63) is 35.4 Å². The normalized spacial score (nSPS) is 26.7. The summed E-state index contributed by atoms with van der Waals surface area (Å²) in [6, 6.07) is 4.96. The number of rotatable bonds is 4. The standard InChI is InChI=1S/C17H17F9O/c1-9(2)10-4-6-11(7-5-10)12(3,27)8-13(18)14(19,20)16(23,24)17(25,26)15(13,21)22/h4-7,9,27H,8H2,1-3H3. The molecule has 0 spiro atoms. The van der Waals surface area contributed by atoms with Crippen molar-refractivity contribution < 1.29 is 44.6 Å². The Labute approximate surface area is 149 Å². The Balaban J connectivity index is 2.52. The SMILES string of the molecule is CC(C)c1ccc(C(C)(O)CC2(F)C(F)(F)C(F)(F)C(F)(F)C2(F)F)cc1. The Morgan fingerprint density at radius 2 is 1.15 bits per heavy atom. The third kappa shape index (κ3) is 2.58. The number of aliphatic hydroxyl groups is 1. The molecule has 1 N–H and O–H groups in total. The zero-order valence-electron chi connectivity index (χ0n) is 14.4. The van der Waals surface area contributed by atoms with E-state index in [0.29, 0.717) is 12.5 Å². The Morgan fingerprint density at radius 1 is 0.778 bits per heavy atom. The van der Waals surface area contributed by atoms with Crippen LogP contribution in [0.5, 0.6) is 0 Å². The highest BCUT2D eigenvalue weighted by atomic mass is 19.4. The summed E-state index contributed by atoms with van der Waals surface area (Å²) in [5.41, 5.74) is -8.21. The molecule has 1 aromatic rings. The van der Waals surface area contributed by atoms with Crippen molar-refractivity contribution in [3.63, 3.8) is 0 Å². The predicted octanol–water partition coefficient (Wildman–Crippen LogP) is 5.67. The van der Waals surface area contributed by atoms with Gasteiger partial charge in [-0.25, -0.2) is 4.39 Å².